The summed E-state index contributed by atoms with van der Waals surface area (Å²) in [6.07, 6.45) is 3.11. The monoisotopic (exact) mass is 403 g/mol. The first-order chi connectivity index (χ1) is 14.4. The van der Waals surface area contributed by atoms with E-state index in [1.54, 1.807) is 5.01 Å². The first-order valence-electron chi connectivity index (χ1n) is 11.2. The Labute approximate surface area is 180 Å². The predicted molar refractivity (Wildman–Crippen MR) is 123 cm³/mol. The van der Waals surface area contributed by atoms with Crippen LogP contribution in [0, 0.1) is 26.7 Å². The molecule has 2 aliphatic rings. The molecule has 158 valence electrons. The Morgan fingerprint density at radius 1 is 1.03 bits per heavy atom. The standard InChI is InChI=1S/C26H33N3O/c1-18-11-13-28(14-12-18)17-26(30)29-25(22-8-6-5-7-20(22)3)16-24(27-29)23-15-19(2)9-10-21(23)4/h5-10,15,18,25H,11-14,16-17H2,1-4H3/t25-/m1/s1. The van der Waals surface area contributed by atoms with E-state index < -0.39 is 0 Å². The van der Waals surface area contributed by atoms with Crippen molar-refractivity contribution in [1.29, 1.82) is 0 Å². The van der Waals surface area contributed by atoms with Gasteiger partial charge < -0.3 is 0 Å². The lowest BCUT2D eigenvalue weighted by Crippen LogP contribution is -2.41. The van der Waals surface area contributed by atoms with E-state index in [0.717, 1.165) is 36.7 Å². The van der Waals surface area contributed by atoms with Crippen molar-refractivity contribution in [3.63, 3.8) is 0 Å². The number of piperidine rings is 1. The van der Waals surface area contributed by atoms with E-state index in [4.69, 9.17) is 5.10 Å². The van der Waals surface area contributed by atoms with Crippen LogP contribution in [0.1, 0.15) is 60.0 Å². The van der Waals surface area contributed by atoms with Crippen molar-refractivity contribution in [2.45, 2.75) is 53.0 Å². The molecule has 0 aromatic heterocycles. The SMILES string of the molecule is Cc1ccc(C)c(C2=NN(C(=O)CN3CCC(C)CC3)[C@@H](c3ccccc3C)C2)c1. The van der Waals surface area contributed by atoms with Crippen molar-refractivity contribution < 1.29 is 4.79 Å². The number of hydrogen-bond acceptors (Lipinski definition) is 3. The summed E-state index contributed by atoms with van der Waals surface area (Å²) in [6.45, 7) is 11.1. The molecule has 1 amide bonds. The average Bonchev–Trinajstić information content (AvgIpc) is 3.17. The molecule has 4 nitrogen and oxygen atoms in total. The average molecular weight is 404 g/mol. The molecule has 1 saturated heterocycles. The molecule has 0 radical (unpaired) electrons. The second-order valence-corrected chi connectivity index (χ2v) is 9.14. The number of amides is 1. The van der Waals surface area contributed by atoms with Crippen LogP contribution in [0.3, 0.4) is 0 Å². The zero-order valence-corrected chi connectivity index (χ0v) is 18.7. The van der Waals surface area contributed by atoms with Crippen LogP contribution in [0.25, 0.3) is 0 Å². The Hall–Kier alpha value is -2.46. The van der Waals surface area contributed by atoms with E-state index in [1.807, 2.05) is 0 Å². The number of hydrazone groups is 1. The maximum absolute atomic E-state index is 13.4. The minimum Gasteiger partial charge on any atom is -0.294 e. The van der Waals surface area contributed by atoms with Crippen LogP contribution in [0.5, 0.6) is 0 Å². The van der Waals surface area contributed by atoms with Gasteiger partial charge in [0.25, 0.3) is 5.91 Å². The molecule has 0 N–H and O–H groups in total. The number of rotatable bonds is 4. The molecular weight excluding hydrogens is 370 g/mol. The lowest BCUT2D eigenvalue weighted by atomic mass is 9.93. The predicted octanol–water partition coefficient (Wildman–Crippen LogP) is 5.02. The van der Waals surface area contributed by atoms with E-state index in [9.17, 15) is 4.79 Å². The fourth-order valence-corrected chi connectivity index (χ4v) is 4.64. The number of hydrogen-bond donors (Lipinski definition) is 0. The summed E-state index contributed by atoms with van der Waals surface area (Å²) in [4.78, 5) is 15.7. The van der Waals surface area contributed by atoms with Gasteiger partial charge in [-0.15, -0.1) is 0 Å². The van der Waals surface area contributed by atoms with Crippen molar-refractivity contribution in [2.75, 3.05) is 19.6 Å². The largest absolute Gasteiger partial charge is 0.294 e. The molecule has 4 rings (SSSR count). The summed E-state index contributed by atoms with van der Waals surface area (Å²) in [6, 6.07) is 14.8. The molecule has 2 aromatic rings. The fraction of sp³-hybridized carbons (Fsp3) is 0.462. The summed E-state index contributed by atoms with van der Waals surface area (Å²) in [5.74, 6) is 0.870. The zero-order valence-electron chi connectivity index (χ0n) is 18.7. The molecular formula is C26H33N3O. The second kappa shape index (κ2) is 8.73. The van der Waals surface area contributed by atoms with E-state index in [0.29, 0.717) is 6.54 Å². The van der Waals surface area contributed by atoms with Gasteiger partial charge in [-0.1, -0.05) is 48.9 Å². The Kier molecular flexibility index (Phi) is 6.05. The van der Waals surface area contributed by atoms with Crippen LogP contribution in [-0.4, -0.2) is 41.2 Å². The van der Waals surface area contributed by atoms with Gasteiger partial charge in [-0.3, -0.25) is 9.69 Å². The molecule has 1 fully saturated rings. The Balaban J connectivity index is 1.63. The van der Waals surface area contributed by atoms with Gasteiger partial charge in [-0.05, 0) is 75.4 Å². The Bertz CT molecular complexity index is 957. The first kappa shape index (κ1) is 20.8. The van der Waals surface area contributed by atoms with Crippen LogP contribution in [-0.2, 0) is 4.79 Å². The van der Waals surface area contributed by atoms with Crippen LogP contribution in [0.4, 0.5) is 0 Å². The number of carbonyl (C=O) groups is 1. The van der Waals surface area contributed by atoms with Gasteiger partial charge in [-0.25, -0.2) is 5.01 Å². The van der Waals surface area contributed by atoms with E-state index in [1.165, 1.54) is 35.1 Å². The molecule has 4 heteroatoms. The molecule has 2 heterocycles. The topological polar surface area (TPSA) is 35.9 Å². The normalized spacial score (nSPS) is 20.5. The maximum Gasteiger partial charge on any atom is 0.257 e. The quantitative estimate of drug-likeness (QED) is 0.718. The maximum atomic E-state index is 13.4. The van der Waals surface area contributed by atoms with Crippen molar-refractivity contribution in [2.24, 2.45) is 11.0 Å². The molecule has 0 unspecified atom stereocenters. The van der Waals surface area contributed by atoms with Gasteiger partial charge in [0.15, 0.2) is 0 Å². The first-order valence-corrected chi connectivity index (χ1v) is 11.2. The fourth-order valence-electron chi connectivity index (χ4n) is 4.64. The highest BCUT2D eigenvalue weighted by molar-refractivity contribution is 6.04. The highest BCUT2D eigenvalue weighted by Gasteiger charge is 2.35. The molecule has 30 heavy (non-hydrogen) atoms. The number of carbonyl (C=O) groups excluding carboxylic acids is 1. The smallest absolute Gasteiger partial charge is 0.257 e. The number of likely N-dealkylation sites (tertiary alicyclic amines) is 1. The van der Waals surface area contributed by atoms with E-state index in [-0.39, 0.29) is 11.9 Å². The molecule has 2 aromatic carbocycles. The third-order valence-corrected chi connectivity index (χ3v) is 6.65. The van der Waals surface area contributed by atoms with Crippen molar-refractivity contribution in [1.82, 2.24) is 9.91 Å². The molecule has 0 saturated carbocycles. The second-order valence-electron chi connectivity index (χ2n) is 9.14. The van der Waals surface area contributed by atoms with E-state index >= 15 is 0 Å². The highest BCUT2D eigenvalue weighted by atomic mass is 16.2. The third kappa shape index (κ3) is 4.34. The Morgan fingerprint density at radius 2 is 1.77 bits per heavy atom. The van der Waals surface area contributed by atoms with Crippen LogP contribution in [0.15, 0.2) is 47.6 Å². The van der Waals surface area contributed by atoms with E-state index in [2.05, 4.69) is 75.1 Å². The molecule has 0 spiro atoms. The summed E-state index contributed by atoms with van der Waals surface area (Å²) in [7, 11) is 0. The van der Waals surface area contributed by atoms with Gasteiger partial charge in [-0.2, -0.15) is 5.10 Å². The Morgan fingerprint density at radius 3 is 2.50 bits per heavy atom. The van der Waals surface area contributed by atoms with Gasteiger partial charge in [0.05, 0.1) is 18.3 Å². The lowest BCUT2D eigenvalue weighted by Gasteiger charge is -2.31. The molecule has 0 bridgehead atoms. The number of aryl methyl sites for hydroxylation is 3. The zero-order chi connectivity index (χ0) is 21.3. The summed E-state index contributed by atoms with van der Waals surface area (Å²) in [5.41, 5.74) is 7.02. The van der Waals surface area contributed by atoms with Gasteiger partial charge in [0, 0.05) is 12.0 Å². The van der Waals surface area contributed by atoms with Gasteiger partial charge in [0.1, 0.15) is 0 Å². The highest BCUT2D eigenvalue weighted by Crippen LogP contribution is 2.35. The van der Waals surface area contributed by atoms with Crippen LogP contribution < -0.4 is 0 Å². The van der Waals surface area contributed by atoms with Crippen LogP contribution >= 0.6 is 0 Å². The molecule has 1 atom stereocenters. The van der Waals surface area contributed by atoms with Crippen molar-refractivity contribution in [3.05, 3.63) is 70.3 Å². The summed E-state index contributed by atoms with van der Waals surface area (Å²) >= 11 is 0. The number of benzene rings is 2. The lowest BCUT2D eigenvalue weighted by molar-refractivity contribution is -0.134. The molecule has 0 aliphatic carbocycles. The van der Waals surface area contributed by atoms with Crippen molar-refractivity contribution >= 4 is 11.6 Å². The summed E-state index contributed by atoms with van der Waals surface area (Å²) < 4.78 is 0. The van der Waals surface area contributed by atoms with Gasteiger partial charge >= 0.3 is 0 Å². The van der Waals surface area contributed by atoms with Crippen molar-refractivity contribution in [3.8, 4) is 0 Å². The minimum atomic E-state index is -0.0303. The summed E-state index contributed by atoms with van der Waals surface area (Å²) in [5, 5.41) is 6.69. The number of nitrogens with zero attached hydrogens (tertiary/aromatic N) is 3. The molecule has 2 aliphatic heterocycles. The minimum absolute atomic E-state index is 0.0303. The van der Waals surface area contributed by atoms with Gasteiger partial charge in [0.2, 0.25) is 0 Å². The van der Waals surface area contributed by atoms with Crippen LogP contribution in [0.2, 0.25) is 0 Å². The third-order valence-electron chi connectivity index (χ3n) is 6.65.